The second-order valence-electron chi connectivity index (χ2n) is 4.53. The fourth-order valence-corrected chi connectivity index (χ4v) is 3.57. The molecule has 1 heterocycles. The van der Waals surface area contributed by atoms with E-state index in [0.717, 1.165) is 31.0 Å². The topological polar surface area (TPSA) is 32.3 Å². The average molecular weight is 307 g/mol. The largest absolute Gasteiger partial charge is 0.396 e. The number of aliphatic hydroxyl groups excluding tert-OH is 1. The first-order valence-electron chi connectivity index (χ1n) is 6.92. The summed E-state index contributed by atoms with van der Waals surface area (Å²) in [7, 11) is 0. The van der Waals surface area contributed by atoms with E-state index in [1.54, 1.807) is 0 Å². The van der Waals surface area contributed by atoms with Crippen molar-refractivity contribution in [1.82, 2.24) is 5.32 Å². The van der Waals surface area contributed by atoms with Crippen molar-refractivity contribution in [1.29, 1.82) is 0 Å². The Morgan fingerprint density at radius 2 is 1.95 bits per heavy atom. The molecule has 0 radical (unpaired) electrons. The lowest BCUT2D eigenvalue weighted by Gasteiger charge is -2.02. The van der Waals surface area contributed by atoms with Gasteiger partial charge in [-0.3, -0.25) is 0 Å². The van der Waals surface area contributed by atoms with Crippen LogP contribution >= 0.6 is 23.1 Å². The molecule has 0 amide bonds. The molecule has 0 aliphatic carbocycles. The summed E-state index contributed by atoms with van der Waals surface area (Å²) in [6.45, 7) is 2.27. The normalized spacial score (nSPS) is 10.8. The predicted molar refractivity (Wildman–Crippen MR) is 90.5 cm³/mol. The monoisotopic (exact) mass is 307 g/mol. The standard InChI is InChI=1S/C16H21NOS2/c18-8-4-9-19-10-7-17-12-16-11-15(13-20-16)14-5-2-1-3-6-14/h1-3,5-6,11,13,17-18H,4,7-10,12H2. The summed E-state index contributed by atoms with van der Waals surface area (Å²) in [5.74, 6) is 2.16. The van der Waals surface area contributed by atoms with Crippen molar-refractivity contribution in [2.24, 2.45) is 0 Å². The summed E-state index contributed by atoms with van der Waals surface area (Å²) in [6, 6.07) is 12.8. The van der Waals surface area contributed by atoms with Crippen molar-refractivity contribution in [2.45, 2.75) is 13.0 Å². The maximum absolute atomic E-state index is 8.69. The second kappa shape index (κ2) is 9.19. The van der Waals surface area contributed by atoms with E-state index in [-0.39, 0.29) is 0 Å². The summed E-state index contributed by atoms with van der Waals surface area (Å²) in [5, 5.41) is 14.4. The van der Waals surface area contributed by atoms with Crippen molar-refractivity contribution in [3.8, 4) is 11.1 Å². The third-order valence-electron chi connectivity index (χ3n) is 2.93. The van der Waals surface area contributed by atoms with Crippen molar-refractivity contribution >= 4 is 23.1 Å². The van der Waals surface area contributed by atoms with Gasteiger partial charge in [-0.25, -0.2) is 0 Å². The minimum atomic E-state index is 0.303. The molecule has 108 valence electrons. The van der Waals surface area contributed by atoms with E-state index in [1.807, 2.05) is 29.2 Å². The summed E-state index contributed by atoms with van der Waals surface area (Å²) in [6.07, 6.45) is 0.899. The molecule has 2 nitrogen and oxygen atoms in total. The molecule has 2 N–H and O–H groups in total. The van der Waals surface area contributed by atoms with Gasteiger partial charge < -0.3 is 10.4 Å². The molecule has 0 saturated carbocycles. The molecule has 2 rings (SSSR count). The van der Waals surface area contributed by atoms with Crippen LogP contribution in [0.3, 0.4) is 0 Å². The highest BCUT2D eigenvalue weighted by Gasteiger charge is 2.01. The second-order valence-corrected chi connectivity index (χ2v) is 6.75. The average Bonchev–Trinajstić information content (AvgIpc) is 2.96. The first kappa shape index (κ1) is 15.6. The Labute approximate surface area is 129 Å². The van der Waals surface area contributed by atoms with Gasteiger partial charge in [0.15, 0.2) is 0 Å². The molecule has 4 heteroatoms. The lowest BCUT2D eigenvalue weighted by molar-refractivity contribution is 0.296. The van der Waals surface area contributed by atoms with Gasteiger partial charge in [0.1, 0.15) is 0 Å². The Kier molecular flexibility index (Phi) is 7.15. The van der Waals surface area contributed by atoms with Crippen LogP contribution in [0, 0.1) is 0 Å². The Balaban J connectivity index is 1.69. The lowest BCUT2D eigenvalue weighted by Crippen LogP contribution is -2.16. The number of nitrogens with one attached hydrogen (secondary N) is 1. The van der Waals surface area contributed by atoms with Crippen LogP contribution in [0.1, 0.15) is 11.3 Å². The van der Waals surface area contributed by atoms with E-state index in [1.165, 1.54) is 16.0 Å². The molecular formula is C16H21NOS2. The summed E-state index contributed by atoms with van der Waals surface area (Å²) >= 11 is 3.71. The lowest BCUT2D eigenvalue weighted by atomic mass is 10.1. The Bertz CT molecular complexity index is 484. The van der Waals surface area contributed by atoms with Crippen molar-refractivity contribution in [2.75, 3.05) is 24.7 Å². The third-order valence-corrected chi connectivity index (χ3v) is 4.94. The molecule has 1 aromatic carbocycles. The molecule has 0 fully saturated rings. The zero-order valence-corrected chi connectivity index (χ0v) is 13.2. The van der Waals surface area contributed by atoms with Crippen LogP contribution in [-0.4, -0.2) is 29.8 Å². The highest BCUT2D eigenvalue weighted by molar-refractivity contribution is 7.99. The number of hydrogen-bond acceptors (Lipinski definition) is 4. The van der Waals surface area contributed by atoms with Crippen LogP contribution in [0.4, 0.5) is 0 Å². The number of rotatable bonds is 9. The summed E-state index contributed by atoms with van der Waals surface area (Å²) in [5.41, 5.74) is 2.60. The molecule has 0 atom stereocenters. The number of thioether (sulfide) groups is 1. The van der Waals surface area contributed by atoms with Gasteiger partial charge in [0.05, 0.1) is 0 Å². The number of aliphatic hydroxyl groups is 1. The Morgan fingerprint density at radius 1 is 1.10 bits per heavy atom. The van der Waals surface area contributed by atoms with Gasteiger partial charge in [0.2, 0.25) is 0 Å². The Morgan fingerprint density at radius 3 is 2.75 bits per heavy atom. The molecule has 0 unspecified atom stereocenters. The first-order chi connectivity index (χ1) is 9.90. The van der Waals surface area contributed by atoms with Gasteiger partial charge in [-0.1, -0.05) is 30.3 Å². The minimum absolute atomic E-state index is 0.303. The van der Waals surface area contributed by atoms with E-state index in [2.05, 4.69) is 41.0 Å². The number of hydrogen-bond donors (Lipinski definition) is 2. The highest BCUT2D eigenvalue weighted by atomic mass is 32.2. The van der Waals surface area contributed by atoms with E-state index >= 15 is 0 Å². The van der Waals surface area contributed by atoms with Crippen LogP contribution in [-0.2, 0) is 6.54 Å². The molecule has 0 aliphatic rings. The molecule has 1 aromatic heterocycles. The predicted octanol–water partition coefficient (Wildman–Crippen LogP) is 3.62. The van der Waals surface area contributed by atoms with Crippen LogP contribution < -0.4 is 5.32 Å². The Hall–Kier alpha value is -0.810. The van der Waals surface area contributed by atoms with Gasteiger partial charge in [-0.15, -0.1) is 11.3 Å². The SMILES string of the molecule is OCCCSCCNCc1cc(-c2ccccc2)cs1. The van der Waals surface area contributed by atoms with Gasteiger partial charge in [0.25, 0.3) is 0 Å². The van der Waals surface area contributed by atoms with Crippen molar-refractivity contribution in [3.05, 3.63) is 46.7 Å². The zero-order valence-electron chi connectivity index (χ0n) is 11.5. The smallest absolute Gasteiger partial charge is 0.0438 e. The van der Waals surface area contributed by atoms with Gasteiger partial charge in [0, 0.05) is 30.3 Å². The quantitative estimate of drug-likeness (QED) is 0.694. The van der Waals surface area contributed by atoms with Crippen LogP contribution in [0.15, 0.2) is 41.8 Å². The number of benzene rings is 1. The fourth-order valence-electron chi connectivity index (χ4n) is 1.88. The van der Waals surface area contributed by atoms with Gasteiger partial charge >= 0.3 is 0 Å². The molecular weight excluding hydrogens is 286 g/mol. The molecule has 0 aliphatic heterocycles. The zero-order chi connectivity index (χ0) is 14.0. The molecule has 0 bridgehead atoms. The van der Waals surface area contributed by atoms with Crippen LogP contribution in [0.2, 0.25) is 0 Å². The summed E-state index contributed by atoms with van der Waals surface area (Å²) in [4.78, 5) is 1.38. The maximum atomic E-state index is 8.69. The van der Waals surface area contributed by atoms with Crippen LogP contribution in [0.25, 0.3) is 11.1 Å². The van der Waals surface area contributed by atoms with Crippen LogP contribution in [0.5, 0.6) is 0 Å². The van der Waals surface area contributed by atoms with Gasteiger partial charge in [-0.05, 0) is 34.7 Å². The van der Waals surface area contributed by atoms with E-state index in [4.69, 9.17) is 5.11 Å². The molecule has 2 aromatic rings. The third kappa shape index (κ3) is 5.29. The van der Waals surface area contributed by atoms with Crippen molar-refractivity contribution < 1.29 is 5.11 Å². The first-order valence-corrected chi connectivity index (χ1v) is 8.96. The van der Waals surface area contributed by atoms with Crippen molar-refractivity contribution in [3.63, 3.8) is 0 Å². The molecule has 20 heavy (non-hydrogen) atoms. The fraction of sp³-hybridized carbons (Fsp3) is 0.375. The van der Waals surface area contributed by atoms with E-state index in [0.29, 0.717) is 6.61 Å². The molecule has 0 spiro atoms. The molecule has 0 saturated heterocycles. The van der Waals surface area contributed by atoms with Gasteiger partial charge in [-0.2, -0.15) is 11.8 Å². The summed E-state index contributed by atoms with van der Waals surface area (Å²) < 4.78 is 0. The minimum Gasteiger partial charge on any atom is -0.396 e. The maximum Gasteiger partial charge on any atom is 0.0438 e. The van der Waals surface area contributed by atoms with E-state index < -0.39 is 0 Å². The number of thiophene rings is 1. The van der Waals surface area contributed by atoms with E-state index in [9.17, 15) is 0 Å². The highest BCUT2D eigenvalue weighted by Crippen LogP contribution is 2.25.